The molecule has 0 aliphatic heterocycles. The molecule has 0 N–H and O–H groups in total. The van der Waals surface area contributed by atoms with Gasteiger partial charge in [-0.2, -0.15) is 0 Å². The van der Waals surface area contributed by atoms with E-state index in [-0.39, 0.29) is 5.41 Å². The van der Waals surface area contributed by atoms with Gasteiger partial charge < -0.3 is 0 Å². The van der Waals surface area contributed by atoms with E-state index in [9.17, 15) is 0 Å². The van der Waals surface area contributed by atoms with Crippen molar-refractivity contribution in [3.8, 4) is 0 Å². The van der Waals surface area contributed by atoms with Crippen LogP contribution in [0.3, 0.4) is 0 Å². The van der Waals surface area contributed by atoms with Crippen LogP contribution in [0.4, 0.5) is 0 Å². The fourth-order valence-corrected chi connectivity index (χ4v) is 0.770. The Morgan fingerprint density at radius 1 is 1.36 bits per heavy atom. The van der Waals surface area contributed by atoms with Crippen molar-refractivity contribution in [3.05, 3.63) is 23.8 Å². The fourth-order valence-electron chi connectivity index (χ4n) is 0.525. The van der Waals surface area contributed by atoms with Crippen molar-refractivity contribution in [3.63, 3.8) is 0 Å². The van der Waals surface area contributed by atoms with Crippen LogP contribution in [-0.2, 0) is 19.4 Å². The first-order chi connectivity index (χ1) is 4.88. The second-order valence-corrected chi connectivity index (χ2v) is 4.63. The molecule has 0 aromatic carbocycles. The van der Waals surface area contributed by atoms with Crippen LogP contribution in [0.25, 0.3) is 0 Å². The molecular formula is C10H16W. The van der Waals surface area contributed by atoms with E-state index in [4.69, 9.17) is 0 Å². The topological polar surface area (TPSA) is 0 Å². The van der Waals surface area contributed by atoms with Gasteiger partial charge in [-0.3, -0.25) is 0 Å². The van der Waals surface area contributed by atoms with E-state index in [1.54, 1.807) is 0 Å². The van der Waals surface area contributed by atoms with Gasteiger partial charge in [-0.05, 0) is 0 Å². The molecule has 0 fully saturated rings. The zero-order chi connectivity index (χ0) is 9.07. The van der Waals surface area contributed by atoms with E-state index in [2.05, 4.69) is 44.8 Å². The summed E-state index contributed by atoms with van der Waals surface area (Å²) < 4.78 is 2.18. The van der Waals surface area contributed by atoms with Crippen LogP contribution < -0.4 is 0 Å². The van der Waals surface area contributed by atoms with Gasteiger partial charge in [0.15, 0.2) is 0 Å². The Hall–Kier alpha value is 0.0383. The van der Waals surface area contributed by atoms with E-state index < -0.39 is 0 Å². The summed E-state index contributed by atoms with van der Waals surface area (Å²) in [6.07, 6.45) is 2.16. The Labute approximate surface area is 80.8 Å². The van der Waals surface area contributed by atoms with Crippen LogP contribution in [0.15, 0.2) is 23.8 Å². The van der Waals surface area contributed by atoms with Gasteiger partial charge in [-0.1, -0.05) is 0 Å². The Bertz CT molecular complexity index is 191. The van der Waals surface area contributed by atoms with E-state index in [1.165, 1.54) is 30.5 Å². The summed E-state index contributed by atoms with van der Waals surface area (Å²) in [6, 6.07) is 0. The first kappa shape index (κ1) is 11.0. The second kappa shape index (κ2) is 4.16. The predicted molar refractivity (Wildman–Crippen MR) is 48.4 cm³/mol. The van der Waals surface area contributed by atoms with Crippen molar-refractivity contribution in [2.24, 2.45) is 5.41 Å². The molecule has 0 radical (unpaired) electrons. The van der Waals surface area contributed by atoms with Crippen molar-refractivity contribution in [1.29, 1.82) is 0 Å². The number of allylic oxidation sites excluding steroid dienone is 3. The molecule has 0 aliphatic rings. The zero-order valence-corrected chi connectivity index (χ0v) is 10.7. The minimum atomic E-state index is 0.208. The van der Waals surface area contributed by atoms with Crippen molar-refractivity contribution in [2.45, 2.75) is 27.7 Å². The first-order valence-corrected chi connectivity index (χ1v) is 5.40. The fraction of sp³-hybridized carbons (Fsp3) is 0.500. The van der Waals surface area contributed by atoms with Gasteiger partial charge in [-0.15, -0.1) is 0 Å². The molecule has 0 rings (SSSR count). The average Bonchev–Trinajstić information content (AvgIpc) is 1.85. The summed E-state index contributed by atoms with van der Waals surface area (Å²) in [5.41, 5.74) is 2.73. The summed E-state index contributed by atoms with van der Waals surface area (Å²) in [5, 5.41) is 0. The molecule has 0 amide bonds. The van der Waals surface area contributed by atoms with E-state index in [0.717, 1.165) is 0 Å². The molecule has 0 heterocycles. The Kier molecular flexibility index (Phi) is 4.18. The quantitative estimate of drug-likeness (QED) is 0.687. The van der Waals surface area contributed by atoms with Gasteiger partial charge in [0, 0.05) is 0 Å². The standard InChI is InChI=1S/C10H16.W/c1-8(2)7-9(3)10(4,5)6;/h1,7H,3H2,2,4-6H3;. The molecule has 11 heavy (non-hydrogen) atoms. The van der Waals surface area contributed by atoms with E-state index in [1.807, 2.05) is 0 Å². The third kappa shape index (κ3) is 4.48. The van der Waals surface area contributed by atoms with Crippen LogP contribution in [0.5, 0.6) is 0 Å². The van der Waals surface area contributed by atoms with E-state index in [0.29, 0.717) is 0 Å². The van der Waals surface area contributed by atoms with Crippen LogP contribution in [0.1, 0.15) is 27.7 Å². The van der Waals surface area contributed by atoms with Crippen molar-refractivity contribution >= 4 is 4.40 Å². The molecule has 62 valence electrons. The summed E-state index contributed by atoms with van der Waals surface area (Å²) in [7, 11) is 0. The van der Waals surface area contributed by atoms with Crippen molar-refractivity contribution in [2.75, 3.05) is 0 Å². The monoisotopic (exact) mass is 320 g/mol. The van der Waals surface area contributed by atoms with Gasteiger partial charge >= 0.3 is 80.7 Å². The molecule has 0 saturated heterocycles. The molecule has 0 aliphatic carbocycles. The number of hydrogen-bond acceptors (Lipinski definition) is 0. The first-order valence-electron chi connectivity index (χ1n) is 3.71. The molecule has 0 bridgehead atoms. The molecule has 0 atom stereocenters. The van der Waals surface area contributed by atoms with Gasteiger partial charge in [0.1, 0.15) is 0 Å². The summed E-state index contributed by atoms with van der Waals surface area (Å²) in [6.45, 7) is 12.7. The van der Waals surface area contributed by atoms with Crippen molar-refractivity contribution in [1.82, 2.24) is 0 Å². The van der Waals surface area contributed by atoms with Crippen LogP contribution in [0.2, 0.25) is 0 Å². The van der Waals surface area contributed by atoms with Crippen LogP contribution in [0, 0.1) is 5.41 Å². The number of rotatable bonds is 2. The Morgan fingerprint density at radius 2 is 1.82 bits per heavy atom. The van der Waals surface area contributed by atoms with Gasteiger partial charge in [0.2, 0.25) is 0 Å². The molecule has 0 aromatic rings. The molecule has 0 nitrogen and oxygen atoms in total. The van der Waals surface area contributed by atoms with Gasteiger partial charge in [-0.25, -0.2) is 0 Å². The van der Waals surface area contributed by atoms with Crippen molar-refractivity contribution < 1.29 is 19.4 Å². The normalized spacial score (nSPS) is 12.9. The molecule has 1 heteroatoms. The summed E-state index contributed by atoms with van der Waals surface area (Å²) in [5.74, 6) is 0. The maximum atomic E-state index is 4.03. The molecule has 0 aromatic heterocycles. The molecule has 0 unspecified atom stereocenters. The third-order valence-electron chi connectivity index (χ3n) is 1.55. The average molecular weight is 320 g/mol. The zero-order valence-electron chi connectivity index (χ0n) is 7.77. The van der Waals surface area contributed by atoms with Crippen LogP contribution >= 0.6 is 0 Å². The maximum absolute atomic E-state index is 4.03. The molecular weight excluding hydrogens is 304 g/mol. The van der Waals surface area contributed by atoms with Gasteiger partial charge in [0.25, 0.3) is 0 Å². The predicted octanol–water partition coefficient (Wildman–Crippen LogP) is 2.88. The molecule has 0 saturated carbocycles. The molecule has 0 spiro atoms. The SMILES string of the molecule is C=C(C=C(C)[CH]=[W])C(C)(C)C. The summed E-state index contributed by atoms with van der Waals surface area (Å²) in [4.78, 5) is 0. The second-order valence-electron chi connectivity index (χ2n) is 3.78. The number of hydrogen-bond donors (Lipinski definition) is 0. The summed E-state index contributed by atoms with van der Waals surface area (Å²) >= 11 is 1.50. The van der Waals surface area contributed by atoms with E-state index >= 15 is 0 Å². The Balaban J connectivity index is 4.42. The van der Waals surface area contributed by atoms with Crippen LogP contribution in [-0.4, -0.2) is 4.40 Å². The third-order valence-corrected chi connectivity index (χ3v) is 2.89. The Morgan fingerprint density at radius 3 is 2.09 bits per heavy atom. The minimum absolute atomic E-state index is 0.208. The van der Waals surface area contributed by atoms with Gasteiger partial charge in [0.05, 0.1) is 0 Å².